The number of hydrogen-bond acceptors (Lipinski definition) is 1. The number of rotatable bonds is 5. The van der Waals surface area contributed by atoms with Crippen molar-refractivity contribution in [1.82, 2.24) is 4.31 Å². The molecule has 3 heteroatoms. The van der Waals surface area contributed by atoms with Crippen LogP contribution in [0.25, 0.3) is 0 Å². The molecule has 1 atom stereocenters. The zero-order chi connectivity index (χ0) is 15.1. The van der Waals surface area contributed by atoms with Gasteiger partial charge in [0.05, 0.1) is 0 Å². The van der Waals surface area contributed by atoms with Gasteiger partial charge in [-0.1, -0.05) is 20.8 Å². The second kappa shape index (κ2) is 5.07. The normalized spacial score (nSPS) is 22.3. The maximum absolute atomic E-state index is 12.3. The standard InChI is InChI=1S/C16H33NOS/c1-14(2,3)16(11-12-16)10-9-13-17(15(4,5)6)19(7,8)18/h7,9-13H2,1-6,8H3. The third-order valence-electron chi connectivity index (χ3n) is 4.68. The summed E-state index contributed by atoms with van der Waals surface area (Å²) < 4.78 is 14.4. The smallest absolute Gasteiger partial charge is 0.0250 e. The summed E-state index contributed by atoms with van der Waals surface area (Å²) in [6.45, 7) is 14.3. The van der Waals surface area contributed by atoms with Crippen molar-refractivity contribution in [2.75, 3.05) is 12.8 Å². The average Bonchev–Trinajstić information content (AvgIpc) is 2.87. The van der Waals surface area contributed by atoms with Crippen LogP contribution in [0.2, 0.25) is 0 Å². The van der Waals surface area contributed by atoms with E-state index in [1.54, 1.807) is 6.26 Å². The van der Waals surface area contributed by atoms with Crippen LogP contribution in [0, 0.1) is 10.8 Å². The molecule has 0 amide bonds. The van der Waals surface area contributed by atoms with Gasteiger partial charge in [0.1, 0.15) is 0 Å². The highest BCUT2D eigenvalue weighted by Gasteiger charge is 2.50. The van der Waals surface area contributed by atoms with Crippen molar-refractivity contribution in [3.05, 3.63) is 0 Å². The van der Waals surface area contributed by atoms with Gasteiger partial charge in [-0.05, 0) is 63.2 Å². The predicted octanol–water partition coefficient (Wildman–Crippen LogP) is 3.95. The van der Waals surface area contributed by atoms with Gasteiger partial charge in [-0.15, -0.1) is 0 Å². The molecule has 0 heterocycles. The maximum atomic E-state index is 12.3. The molecule has 19 heavy (non-hydrogen) atoms. The predicted molar refractivity (Wildman–Crippen MR) is 88.0 cm³/mol. The van der Waals surface area contributed by atoms with Crippen LogP contribution in [0.1, 0.15) is 67.2 Å². The fourth-order valence-corrected chi connectivity index (χ4v) is 4.87. The fraction of sp³-hybridized carbons (Fsp3) is 0.938. The van der Waals surface area contributed by atoms with Gasteiger partial charge < -0.3 is 0 Å². The van der Waals surface area contributed by atoms with E-state index in [1.807, 2.05) is 0 Å². The van der Waals surface area contributed by atoms with E-state index < -0.39 is 9.71 Å². The molecule has 0 aromatic heterocycles. The molecule has 1 unspecified atom stereocenters. The Bertz CT molecular complexity index is 405. The fourth-order valence-electron chi connectivity index (χ4n) is 3.19. The lowest BCUT2D eigenvalue weighted by Crippen LogP contribution is -2.45. The Hall–Kier alpha value is -0.0200. The van der Waals surface area contributed by atoms with E-state index >= 15 is 0 Å². The van der Waals surface area contributed by atoms with E-state index in [1.165, 1.54) is 19.3 Å². The Balaban J connectivity index is 2.61. The van der Waals surface area contributed by atoms with Gasteiger partial charge in [-0.25, -0.2) is 4.31 Å². The first-order valence-electron chi connectivity index (χ1n) is 7.40. The van der Waals surface area contributed by atoms with Crippen molar-refractivity contribution < 1.29 is 4.21 Å². The van der Waals surface area contributed by atoms with Crippen molar-refractivity contribution in [2.45, 2.75) is 72.8 Å². The van der Waals surface area contributed by atoms with Gasteiger partial charge in [-0.3, -0.25) is 4.21 Å². The average molecular weight is 288 g/mol. The second-order valence-electron chi connectivity index (χ2n) is 8.37. The highest BCUT2D eigenvalue weighted by molar-refractivity contribution is 7.97. The van der Waals surface area contributed by atoms with E-state index in [2.05, 4.69) is 51.7 Å². The van der Waals surface area contributed by atoms with Crippen molar-refractivity contribution in [3.8, 4) is 0 Å². The molecule has 0 spiro atoms. The van der Waals surface area contributed by atoms with Crippen molar-refractivity contribution in [2.24, 2.45) is 10.8 Å². The Morgan fingerprint density at radius 3 is 1.89 bits per heavy atom. The largest absolute Gasteiger partial charge is 0.253 e. The number of nitrogens with zero attached hydrogens (tertiary/aromatic N) is 1. The highest BCUT2D eigenvalue weighted by Crippen LogP contribution is 2.61. The van der Waals surface area contributed by atoms with Crippen LogP contribution in [-0.2, 0) is 9.71 Å². The van der Waals surface area contributed by atoms with Crippen LogP contribution in [0.5, 0.6) is 0 Å². The third kappa shape index (κ3) is 4.22. The molecule has 1 rings (SSSR count). The molecule has 0 radical (unpaired) electrons. The monoisotopic (exact) mass is 287 g/mol. The van der Waals surface area contributed by atoms with Crippen molar-refractivity contribution >= 4 is 15.6 Å². The minimum atomic E-state index is -2.12. The minimum Gasteiger partial charge on any atom is -0.253 e. The molecule has 1 aliphatic rings. The van der Waals surface area contributed by atoms with Gasteiger partial charge in [0.2, 0.25) is 0 Å². The van der Waals surface area contributed by atoms with Gasteiger partial charge in [-0.2, -0.15) is 0 Å². The summed E-state index contributed by atoms with van der Waals surface area (Å²) in [5, 5.41) is 0. The topological polar surface area (TPSA) is 20.3 Å². The SMILES string of the molecule is C=S(C)(=O)N(CCCC1(C(C)(C)C)CC1)C(C)(C)C. The van der Waals surface area contributed by atoms with Crippen molar-refractivity contribution in [1.29, 1.82) is 0 Å². The van der Waals surface area contributed by atoms with Gasteiger partial charge in [0, 0.05) is 28.0 Å². The minimum absolute atomic E-state index is 0.0774. The zero-order valence-electron chi connectivity index (χ0n) is 14.0. The van der Waals surface area contributed by atoms with Crippen LogP contribution in [-0.4, -0.2) is 32.7 Å². The van der Waals surface area contributed by atoms with E-state index in [0.29, 0.717) is 10.8 Å². The summed E-state index contributed by atoms with van der Waals surface area (Å²) >= 11 is 0. The molecule has 114 valence electrons. The molecular formula is C16H33NOS. The lowest BCUT2D eigenvalue weighted by molar-refractivity contribution is 0.181. The summed E-state index contributed by atoms with van der Waals surface area (Å²) in [6.07, 6.45) is 6.85. The molecule has 0 aromatic carbocycles. The quantitative estimate of drug-likeness (QED) is 0.701. The molecule has 0 saturated heterocycles. The molecular weight excluding hydrogens is 254 g/mol. The van der Waals surface area contributed by atoms with Gasteiger partial charge >= 0.3 is 0 Å². The zero-order valence-corrected chi connectivity index (χ0v) is 14.8. The summed E-state index contributed by atoms with van der Waals surface area (Å²) in [5.74, 6) is 3.87. The van der Waals surface area contributed by atoms with Crippen LogP contribution in [0.15, 0.2) is 0 Å². The molecule has 1 saturated carbocycles. The van der Waals surface area contributed by atoms with Crippen LogP contribution < -0.4 is 0 Å². The Kier molecular flexibility index (Phi) is 4.54. The van der Waals surface area contributed by atoms with Gasteiger partial charge in [0.15, 0.2) is 0 Å². The third-order valence-corrected chi connectivity index (χ3v) is 6.34. The molecule has 0 aliphatic heterocycles. The Morgan fingerprint density at radius 2 is 1.63 bits per heavy atom. The summed E-state index contributed by atoms with van der Waals surface area (Å²) in [6, 6.07) is 0. The first kappa shape index (κ1) is 17.0. The first-order valence-corrected chi connectivity index (χ1v) is 9.49. The molecule has 1 aliphatic carbocycles. The maximum Gasteiger partial charge on any atom is 0.0250 e. The number of hydrogen-bond donors (Lipinski definition) is 0. The van der Waals surface area contributed by atoms with E-state index in [4.69, 9.17) is 0 Å². The molecule has 1 fully saturated rings. The lowest BCUT2D eigenvalue weighted by atomic mass is 9.75. The Morgan fingerprint density at radius 1 is 1.16 bits per heavy atom. The van der Waals surface area contributed by atoms with Crippen LogP contribution in [0.3, 0.4) is 0 Å². The molecule has 0 aromatic rings. The van der Waals surface area contributed by atoms with Crippen molar-refractivity contribution in [3.63, 3.8) is 0 Å². The highest BCUT2D eigenvalue weighted by atomic mass is 32.2. The van der Waals surface area contributed by atoms with E-state index in [-0.39, 0.29) is 5.54 Å². The second-order valence-corrected chi connectivity index (χ2v) is 10.7. The molecule has 2 nitrogen and oxygen atoms in total. The summed E-state index contributed by atoms with van der Waals surface area (Å²) in [7, 11) is -2.12. The molecule has 0 N–H and O–H groups in total. The summed E-state index contributed by atoms with van der Waals surface area (Å²) in [4.78, 5) is 0. The van der Waals surface area contributed by atoms with Crippen LogP contribution in [0.4, 0.5) is 0 Å². The Labute approximate surface area is 121 Å². The van der Waals surface area contributed by atoms with E-state index in [9.17, 15) is 4.21 Å². The first-order chi connectivity index (χ1) is 8.30. The van der Waals surface area contributed by atoms with E-state index in [0.717, 1.165) is 13.0 Å². The lowest BCUT2D eigenvalue weighted by Gasteiger charge is -2.37. The molecule has 0 bridgehead atoms. The van der Waals surface area contributed by atoms with Crippen LogP contribution >= 0.6 is 0 Å². The van der Waals surface area contributed by atoms with Gasteiger partial charge in [0.25, 0.3) is 0 Å². The summed E-state index contributed by atoms with van der Waals surface area (Å²) in [5.41, 5.74) is 0.857.